The molecule has 0 bridgehead atoms. The normalized spacial score (nSPS) is 13.1. The molecule has 1 aliphatic rings. The molecule has 0 saturated carbocycles. The first-order valence-electron chi connectivity index (χ1n) is 8.91. The van der Waals surface area contributed by atoms with Gasteiger partial charge >= 0.3 is 0 Å². The summed E-state index contributed by atoms with van der Waals surface area (Å²) in [5.74, 6) is 0.0562. The first-order chi connectivity index (χ1) is 13.2. The minimum absolute atomic E-state index is 0.154. The van der Waals surface area contributed by atoms with Gasteiger partial charge in [-0.05, 0) is 30.5 Å². The second-order valence-corrected chi connectivity index (χ2v) is 6.42. The summed E-state index contributed by atoms with van der Waals surface area (Å²) in [4.78, 5) is 23.0. The van der Waals surface area contributed by atoms with Gasteiger partial charge in [0.25, 0.3) is 5.91 Å². The predicted octanol–water partition coefficient (Wildman–Crippen LogP) is 3.82. The molecule has 6 heteroatoms. The van der Waals surface area contributed by atoms with Crippen molar-refractivity contribution in [2.24, 2.45) is 0 Å². The number of aromatic nitrogens is 2. The number of fused-ring (bicyclic) bond motifs is 1. The van der Waals surface area contributed by atoms with Crippen LogP contribution in [-0.2, 0) is 13.0 Å². The van der Waals surface area contributed by atoms with E-state index in [1.165, 1.54) is 18.0 Å². The molecule has 0 radical (unpaired) electrons. The maximum absolute atomic E-state index is 13.7. The van der Waals surface area contributed by atoms with Crippen molar-refractivity contribution in [1.29, 1.82) is 0 Å². The van der Waals surface area contributed by atoms with Crippen molar-refractivity contribution < 1.29 is 9.18 Å². The molecule has 0 atom stereocenters. The van der Waals surface area contributed by atoms with Gasteiger partial charge in [-0.15, -0.1) is 0 Å². The Morgan fingerprint density at radius 1 is 1.11 bits per heavy atom. The smallest absolute Gasteiger partial charge is 0.277 e. The Bertz CT molecular complexity index is 976. The summed E-state index contributed by atoms with van der Waals surface area (Å²) in [5, 5.41) is 3.06. The molecule has 2 heterocycles. The first kappa shape index (κ1) is 17.1. The maximum Gasteiger partial charge on any atom is 0.277 e. The number of para-hydroxylation sites is 1. The lowest BCUT2D eigenvalue weighted by Crippen LogP contribution is -2.36. The van der Waals surface area contributed by atoms with Crippen molar-refractivity contribution in [3.8, 4) is 0 Å². The van der Waals surface area contributed by atoms with Crippen LogP contribution < -0.4 is 10.2 Å². The second kappa shape index (κ2) is 7.53. The van der Waals surface area contributed by atoms with E-state index in [9.17, 15) is 9.18 Å². The monoisotopic (exact) mass is 362 g/mol. The van der Waals surface area contributed by atoms with Crippen LogP contribution >= 0.6 is 0 Å². The van der Waals surface area contributed by atoms with Gasteiger partial charge in [0.15, 0.2) is 0 Å². The van der Waals surface area contributed by atoms with Crippen LogP contribution in [0.25, 0.3) is 0 Å². The zero-order valence-electron chi connectivity index (χ0n) is 14.7. The quantitative estimate of drug-likeness (QED) is 0.767. The Labute approximate surface area is 156 Å². The zero-order valence-corrected chi connectivity index (χ0v) is 14.7. The zero-order chi connectivity index (χ0) is 18.6. The molecular formula is C21H19FN4O. The number of nitrogens with one attached hydrogen (secondary N) is 1. The molecule has 1 aromatic heterocycles. The van der Waals surface area contributed by atoms with Crippen LogP contribution in [0.3, 0.4) is 0 Å². The van der Waals surface area contributed by atoms with Crippen LogP contribution in [0.1, 0.15) is 28.0 Å². The summed E-state index contributed by atoms with van der Waals surface area (Å²) >= 11 is 0. The first-order valence-corrected chi connectivity index (χ1v) is 8.91. The predicted molar refractivity (Wildman–Crippen MR) is 102 cm³/mol. The van der Waals surface area contributed by atoms with Crippen LogP contribution in [0.2, 0.25) is 0 Å². The summed E-state index contributed by atoms with van der Waals surface area (Å²) < 4.78 is 13.7. The number of rotatable bonds is 4. The molecule has 3 aromatic rings. The highest BCUT2D eigenvalue weighted by Crippen LogP contribution is 2.28. The molecule has 4 rings (SSSR count). The van der Waals surface area contributed by atoms with Crippen LogP contribution in [0.15, 0.2) is 60.9 Å². The van der Waals surface area contributed by atoms with Gasteiger partial charge in [-0.2, -0.15) is 0 Å². The Kier molecular flexibility index (Phi) is 4.78. The number of hydrogen-bond donors (Lipinski definition) is 1. The van der Waals surface area contributed by atoms with E-state index in [0.29, 0.717) is 23.6 Å². The largest absolute Gasteiger partial charge is 0.366 e. The molecule has 136 valence electrons. The van der Waals surface area contributed by atoms with Crippen LogP contribution in [0, 0.1) is 5.82 Å². The summed E-state index contributed by atoms with van der Waals surface area (Å²) in [6.45, 7) is 0.946. The number of hydrogen-bond acceptors (Lipinski definition) is 4. The van der Waals surface area contributed by atoms with Gasteiger partial charge in [-0.1, -0.05) is 36.4 Å². The second-order valence-electron chi connectivity index (χ2n) is 6.42. The number of carbonyl (C=O) groups excluding carboxylic acids is 1. The number of aryl methyl sites for hydroxylation is 1. The average Bonchev–Trinajstić information content (AvgIpc) is 2.72. The molecule has 1 N–H and O–H groups in total. The molecule has 0 unspecified atom stereocenters. The summed E-state index contributed by atoms with van der Waals surface area (Å²) in [5.41, 5.74) is 2.96. The van der Waals surface area contributed by atoms with Gasteiger partial charge in [0.05, 0.1) is 0 Å². The fraction of sp³-hybridized carbons (Fsp3) is 0.190. The topological polar surface area (TPSA) is 58.1 Å². The van der Waals surface area contributed by atoms with E-state index in [2.05, 4.69) is 21.4 Å². The lowest BCUT2D eigenvalue weighted by molar-refractivity contribution is 0.0980. The van der Waals surface area contributed by atoms with Gasteiger partial charge in [0.2, 0.25) is 0 Å². The van der Waals surface area contributed by atoms with Gasteiger partial charge in [0.1, 0.15) is 23.7 Å². The number of benzene rings is 2. The van der Waals surface area contributed by atoms with Crippen LogP contribution in [0.4, 0.5) is 15.9 Å². The third kappa shape index (κ3) is 3.65. The lowest BCUT2D eigenvalue weighted by Gasteiger charge is -2.29. The highest BCUT2D eigenvalue weighted by molar-refractivity contribution is 6.05. The van der Waals surface area contributed by atoms with E-state index < -0.39 is 0 Å². The van der Waals surface area contributed by atoms with E-state index in [1.54, 1.807) is 29.2 Å². The molecule has 1 aliphatic heterocycles. The Balaban J connectivity index is 1.53. The number of amides is 1. The standard InChI is InChI=1S/C21H19FN4O/c22-17-9-3-1-7-16(17)13-23-20-12-18(24-14-25-20)21(27)26-11-5-8-15-6-2-4-10-19(15)26/h1-4,6-7,9-10,12,14H,5,8,11,13H2,(H,23,24,25). The van der Waals surface area contributed by atoms with Gasteiger partial charge < -0.3 is 10.2 Å². The van der Waals surface area contributed by atoms with Gasteiger partial charge in [-0.25, -0.2) is 14.4 Å². The average molecular weight is 362 g/mol. The Morgan fingerprint density at radius 3 is 2.81 bits per heavy atom. The van der Waals surface area contributed by atoms with E-state index >= 15 is 0 Å². The van der Waals surface area contributed by atoms with E-state index in [-0.39, 0.29) is 18.3 Å². The number of halogens is 1. The van der Waals surface area contributed by atoms with Crippen molar-refractivity contribution in [3.05, 3.63) is 83.6 Å². The summed E-state index contributed by atoms with van der Waals surface area (Å²) in [6.07, 6.45) is 3.25. The van der Waals surface area contributed by atoms with E-state index in [0.717, 1.165) is 18.5 Å². The van der Waals surface area contributed by atoms with E-state index in [4.69, 9.17) is 0 Å². The van der Waals surface area contributed by atoms with Crippen LogP contribution in [0.5, 0.6) is 0 Å². The van der Waals surface area contributed by atoms with Gasteiger partial charge in [0, 0.05) is 30.4 Å². The molecule has 5 nitrogen and oxygen atoms in total. The van der Waals surface area contributed by atoms with Gasteiger partial charge in [-0.3, -0.25) is 4.79 Å². The van der Waals surface area contributed by atoms with Crippen molar-refractivity contribution >= 4 is 17.4 Å². The number of nitrogens with zero attached hydrogens (tertiary/aromatic N) is 3. The molecule has 0 fully saturated rings. The molecule has 1 amide bonds. The Hall–Kier alpha value is -3.28. The van der Waals surface area contributed by atoms with E-state index in [1.807, 2.05) is 18.2 Å². The van der Waals surface area contributed by atoms with Crippen molar-refractivity contribution in [3.63, 3.8) is 0 Å². The SMILES string of the molecule is O=C(c1cc(NCc2ccccc2F)ncn1)N1CCCc2ccccc21. The van der Waals surface area contributed by atoms with Crippen molar-refractivity contribution in [1.82, 2.24) is 9.97 Å². The molecule has 27 heavy (non-hydrogen) atoms. The van der Waals surface area contributed by atoms with Crippen molar-refractivity contribution in [2.75, 3.05) is 16.8 Å². The minimum Gasteiger partial charge on any atom is -0.366 e. The summed E-state index contributed by atoms with van der Waals surface area (Å²) in [6, 6.07) is 16.1. The minimum atomic E-state index is -0.278. The highest BCUT2D eigenvalue weighted by Gasteiger charge is 2.24. The maximum atomic E-state index is 13.7. The van der Waals surface area contributed by atoms with Crippen LogP contribution in [-0.4, -0.2) is 22.4 Å². The molecule has 0 saturated heterocycles. The number of anilines is 2. The molecule has 0 spiro atoms. The molecular weight excluding hydrogens is 343 g/mol. The Morgan fingerprint density at radius 2 is 1.93 bits per heavy atom. The third-order valence-electron chi connectivity index (χ3n) is 4.66. The molecule has 0 aliphatic carbocycles. The summed E-state index contributed by atoms with van der Waals surface area (Å²) in [7, 11) is 0. The number of carbonyl (C=O) groups is 1. The highest BCUT2D eigenvalue weighted by atomic mass is 19.1. The third-order valence-corrected chi connectivity index (χ3v) is 4.66. The fourth-order valence-electron chi connectivity index (χ4n) is 3.28. The fourth-order valence-corrected chi connectivity index (χ4v) is 3.28. The molecule has 2 aromatic carbocycles. The van der Waals surface area contributed by atoms with Crippen molar-refractivity contribution in [2.45, 2.75) is 19.4 Å². The lowest BCUT2D eigenvalue weighted by atomic mass is 10.0.